The van der Waals surface area contributed by atoms with E-state index in [4.69, 9.17) is 5.26 Å². The van der Waals surface area contributed by atoms with E-state index in [1.54, 1.807) is 24.9 Å². The van der Waals surface area contributed by atoms with Crippen LogP contribution in [0, 0.1) is 18.3 Å². The molecule has 0 aliphatic carbocycles. The van der Waals surface area contributed by atoms with Crippen molar-refractivity contribution in [3.8, 4) is 6.07 Å². The number of likely N-dealkylation sites (N-methyl/N-ethyl adjacent to an activating group) is 1. The van der Waals surface area contributed by atoms with Gasteiger partial charge in [-0.15, -0.1) is 0 Å². The maximum Gasteiger partial charge on any atom is 0.269 e. The van der Waals surface area contributed by atoms with Gasteiger partial charge in [0.25, 0.3) is 5.56 Å². The summed E-state index contributed by atoms with van der Waals surface area (Å²) >= 11 is 0. The van der Waals surface area contributed by atoms with Crippen LogP contribution in [-0.4, -0.2) is 22.4 Å². The van der Waals surface area contributed by atoms with Gasteiger partial charge >= 0.3 is 0 Å². The van der Waals surface area contributed by atoms with Gasteiger partial charge in [0.1, 0.15) is 18.2 Å². The lowest BCUT2D eigenvalue weighted by atomic mass is 10.2. The van der Waals surface area contributed by atoms with Gasteiger partial charge in [0, 0.05) is 19.3 Å². The van der Waals surface area contributed by atoms with Crippen molar-refractivity contribution in [2.24, 2.45) is 0 Å². The molecule has 5 heteroatoms. The smallest absolute Gasteiger partial charge is 0.269 e. The van der Waals surface area contributed by atoms with Gasteiger partial charge in [-0.3, -0.25) is 9.59 Å². The molecule has 0 saturated heterocycles. The molecule has 0 fully saturated rings. The minimum atomic E-state index is -0.427. The molecule has 1 heterocycles. The van der Waals surface area contributed by atoms with Crippen LogP contribution in [0.5, 0.6) is 0 Å². The molecule has 0 aliphatic heterocycles. The van der Waals surface area contributed by atoms with Crippen molar-refractivity contribution in [1.29, 1.82) is 5.26 Å². The van der Waals surface area contributed by atoms with E-state index in [9.17, 15) is 9.59 Å². The Labute approximate surface area is 129 Å². The average molecular weight is 295 g/mol. The fourth-order valence-corrected chi connectivity index (χ4v) is 2.15. The topological polar surface area (TPSA) is 66.1 Å². The number of hydrogen-bond donors (Lipinski definition) is 0. The van der Waals surface area contributed by atoms with Gasteiger partial charge in [-0.05, 0) is 24.6 Å². The molecule has 1 amide bonds. The Balaban J connectivity index is 2.16. The van der Waals surface area contributed by atoms with Crippen molar-refractivity contribution in [3.05, 3.63) is 69.6 Å². The van der Waals surface area contributed by atoms with Crippen LogP contribution in [-0.2, 0) is 17.9 Å². The number of pyridine rings is 1. The number of carbonyl (C=O) groups is 1. The molecule has 0 N–H and O–H groups in total. The summed E-state index contributed by atoms with van der Waals surface area (Å²) in [6.45, 7) is 2.15. The van der Waals surface area contributed by atoms with E-state index in [0.29, 0.717) is 12.2 Å². The van der Waals surface area contributed by atoms with Crippen molar-refractivity contribution in [2.45, 2.75) is 20.0 Å². The molecule has 2 rings (SSSR count). The third-order valence-corrected chi connectivity index (χ3v) is 3.49. The highest BCUT2D eigenvalue weighted by Gasteiger charge is 2.13. The molecule has 0 bridgehead atoms. The quantitative estimate of drug-likeness (QED) is 0.862. The normalized spacial score (nSPS) is 10.0. The van der Waals surface area contributed by atoms with Crippen LogP contribution >= 0.6 is 0 Å². The van der Waals surface area contributed by atoms with Crippen LogP contribution in [0.25, 0.3) is 0 Å². The summed E-state index contributed by atoms with van der Waals surface area (Å²) < 4.78 is 1.34. The van der Waals surface area contributed by atoms with Gasteiger partial charge in [0.2, 0.25) is 5.91 Å². The highest BCUT2D eigenvalue weighted by atomic mass is 16.2. The molecule has 0 aliphatic rings. The standard InChI is InChI=1S/C17H17N3O2/c1-13-8-9-15(10-18)17(22)20(13)12-16(21)19(2)11-14-6-4-3-5-7-14/h3-9H,11-12H2,1-2H3. The Morgan fingerprint density at radius 2 is 1.91 bits per heavy atom. The highest BCUT2D eigenvalue weighted by molar-refractivity contribution is 5.75. The van der Waals surface area contributed by atoms with Gasteiger partial charge in [-0.1, -0.05) is 30.3 Å². The van der Waals surface area contributed by atoms with E-state index in [2.05, 4.69) is 0 Å². The SMILES string of the molecule is Cc1ccc(C#N)c(=O)n1CC(=O)N(C)Cc1ccccc1. The van der Waals surface area contributed by atoms with E-state index in [1.165, 1.54) is 10.6 Å². The van der Waals surface area contributed by atoms with E-state index in [-0.39, 0.29) is 18.0 Å². The third-order valence-electron chi connectivity index (χ3n) is 3.49. The number of nitrogens with zero attached hydrogens (tertiary/aromatic N) is 3. The Morgan fingerprint density at radius 3 is 2.55 bits per heavy atom. The van der Waals surface area contributed by atoms with E-state index < -0.39 is 5.56 Å². The van der Waals surface area contributed by atoms with Crippen LogP contribution in [0.2, 0.25) is 0 Å². The van der Waals surface area contributed by atoms with E-state index >= 15 is 0 Å². The summed E-state index contributed by atoms with van der Waals surface area (Å²) in [6.07, 6.45) is 0. The second kappa shape index (κ2) is 6.72. The number of nitriles is 1. The maximum atomic E-state index is 12.3. The first-order valence-corrected chi connectivity index (χ1v) is 6.91. The van der Waals surface area contributed by atoms with Gasteiger partial charge < -0.3 is 9.47 Å². The van der Waals surface area contributed by atoms with Crippen LogP contribution in [0.4, 0.5) is 0 Å². The first-order chi connectivity index (χ1) is 10.5. The first kappa shape index (κ1) is 15.5. The van der Waals surface area contributed by atoms with Crippen molar-refractivity contribution in [3.63, 3.8) is 0 Å². The molecule has 0 unspecified atom stereocenters. The fraction of sp³-hybridized carbons (Fsp3) is 0.235. The van der Waals surface area contributed by atoms with Crippen LogP contribution < -0.4 is 5.56 Å². The summed E-state index contributed by atoms with van der Waals surface area (Å²) in [5.41, 5.74) is 1.30. The maximum absolute atomic E-state index is 12.3. The second-order valence-electron chi connectivity index (χ2n) is 5.13. The lowest BCUT2D eigenvalue weighted by molar-refractivity contribution is -0.131. The molecule has 0 radical (unpaired) electrons. The highest BCUT2D eigenvalue weighted by Crippen LogP contribution is 2.04. The third kappa shape index (κ3) is 3.41. The number of aromatic nitrogens is 1. The second-order valence-corrected chi connectivity index (χ2v) is 5.13. The van der Waals surface area contributed by atoms with Crippen LogP contribution in [0.1, 0.15) is 16.8 Å². The van der Waals surface area contributed by atoms with Crippen molar-refractivity contribution < 1.29 is 4.79 Å². The van der Waals surface area contributed by atoms with Gasteiger partial charge in [-0.2, -0.15) is 5.26 Å². The molecule has 1 aromatic carbocycles. The molecule has 2 aromatic rings. The zero-order valence-electron chi connectivity index (χ0n) is 12.6. The summed E-state index contributed by atoms with van der Waals surface area (Å²) in [6, 6.07) is 14.6. The molecule has 5 nitrogen and oxygen atoms in total. The largest absolute Gasteiger partial charge is 0.340 e. The summed E-state index contributed by atoms with van der Waals surface area (Å²) in [5.74, 6) is -0.177. The fourth-order valence-electron chi connectivity index (χ4n) is 2.15. The number of rotatable bonds is 4. The van der Waals surface area contributed by atoms with Crippen molar-refractivity contribution in [2.75, 3.05) is 7.05 Å². The van der Waals surface area contributed by atoms with Crippen LogP contribution in [0.15, 0.2) is 47.3 Å². The van der Waals surface area contributed by atoms with Crippen molar-refractivity contribution in [1.82, 2.24) is 9.47 Å². The monoisotopic (exact) mass is 295 g/mol. The number of hydrogen-bond acceptors (Lipinski definition) is 3. The summed E-state index contributed by atoms with van der Waals surface area (Å²) in [5, 5.41) is 8.91. The number of aryl methyl sites for hydroxylation is 1. The Kier molecular flexibility index (Phi) is 4.74. The minimum Gasteiger partial charge on any atom is -0.340 e. The molecular weight excluding hydrogens is 278 g/mol. The molecule has 0 spiro atoms. The van der Waals surface area contributed by atoms with Crippen molar-refractivity contribution >= 4 is 5.91 Å². The van der Waals surface area contributed by atoms with Gasteiger partial charge in [-0.25, -0.2) is 0 Å². The zero-order valence-corrected chi connectivity index (χ0v) is 12.6. The van der Waals surface area contributed by atoms with Gasteiger partial charge in [0.15, 0.2) is 0 Å². The number of benzene rings is 1. The molecule has 112 valence electrons. The predicted molar refractivity (Wildman–Crippen MR) is 83.1 cm³/mol. The lowest BCUT2D eigenvalue weighted by Gasteiger charge is -2.19. The molecule has 0 saturated carbocycles. The van der Waals surface area contributed by atoms with E-state index in [0.717, 1.165) is 5.56 Å². The molecule has 1 aromatic heterocycles. The molecule has 22 heavy (non-hydrogen) atoms. The number of amides is 1. The summed E-state index contributed by atoms with van der Waals surface area (Å²) in [7, 11) is 1.70. The number of carbonyl (C=O) groups excluding carboxylic acids is 1. The first-order valence-electron chi connectivity index (χ1n) is 6.91. The Hall–Kier alpha value is -2.87. The average Bonchev–Trinajstić information content (AvgIpc) is 2.52. The van der Waals surface area contributed by atoms with E-state index in [1.807, 2.05) is 36.4 Å². The van der Waals surface area contributed by atoms with Gasteiger partial charge in [0.05, 0.1) is 0 Å². The predicted octanol–water partition coefficient (Wildman–Crippen LogP) is 1.69. The summed E-state index contributed by atoms with van der Waals surface area (Å²) in [4.78, 5) is 26.0. The van der Waals surface area contributed by atoms with Crippen LogP contribution in [0.3, 0.4) is 0 Å². The molecule has 0 atom stereocenters. The zero-order chi connectivity index (χ0) is 16.1. The minimum absolute atomic E-state index is 0.0455. The Morgan fingerprint density at radius 1 is 1.23 bits per heavy atom. The molecular formula is C17H17N3O2. The lowest BCUT2D eigenvalue weighted by Crippen LogP contribution is -2.35. The Bertz CT molecular complexity index is 773.